The highest BCUT2D eigenvalue weighted by atomic mass is 32.3. The molecular formula is C8H15NO5S2. The van der Waals surface area contributed by atoms with E-state index in [0.717, 1.165) is 12.5 Å². The Labute approximate surface area is 95.6 Å². The van der Waals surface area contributed by atoms with Gasteiger partial charge in [0.25, 0.3) is 0 Å². The van der Waals surface area contributed by atoms with Crippen LogP contribution < -0.4 is 5.32 Å². The van der Waals surface area contributed by atoms with Crippen LogP contribution in [0, 0.1) is 0 Å². The van der Waals surface area contributed by atoms with E-state index < -0.39 is 36.7 Å². The fraction of sp³-hybridized carbons (Fsp3) is 0.625. The third kappa shape index (κ3) is 4.75. The SMILES string of the molecule is C=C(C)C(=O)NCC(S(C)(=O)=O)S(C)(=O)=O. The van der Waals surface area contributed by atoms with Crippen LogP contribution in [0.3, 0.4) is 0 Å². The molecule has 0 saturated carbocycles. The largest absolute Gasteiger partial charge is 0.350 e. The van der Waals surface area contributed by atoms with Crippen molar-refractivity contribution in [1.29, 1.82) is 0 Å². The second-order valence-electron chi connectivity index (χ2n) is 3.58. The molecule has 0 aliphatic heterocycles. The second-order valence-corrected chi connectivity index (χ2v) is 8.33. The average Bonchev–Trinajstić information content (AvgIpc) is 1.98. The van der Waals surface area contributed by atoms with E-state index in [1.54, 1.807) is 0 Å². The summed E-state index contributed by atoms with van der Waals surface area (Å²) < 4.78 is 43.2. The molecular weight excluding hydrogens is 254 g/mol. The minimum Gasteiger partial charge on any atom is -0.350 e. The van der Waals surface area contributed by atoms with Crippen LogP contribution in [0.1, 0.15) is 6.92 Å². The van der Waals surface area contributed by atoms with Crippen LogP contribution in [0.15, 0.2) is 12.2 Å². The highest BCUT2D eigenvalue weighted by Crippen LogP contribution is 2.06. The summed E-state index contributed by atoms with van der Waals surface area (Å²) in [6.45, 7) is 4.31. The summed E-state index contributed by atoms with van der Waals surface area (Å²) >= 11 is 0. The summed E-state index contributed by atoms with van der Waals surface area (Å²) in [4.78, 5) is 11.1. The number of amides is 1. The van der Waals surface area contributed by atoms with Gasteiger partial charge in [0.1, 0.15) is 0 Å². The van der Waals surface area contributed by atoms with Gasteiger partial charge in [0.15, 0.2) is 24.3 Å². The van der Waals surface area contributed by atoms with E-state index in [2.05, 4.69) is 11.9 Å². The molecule has 0 atom stereocenters. The highest BCUT2D eigenvalue weighted by Gasteiger charge is 2.31. The van der Waals surface area contributed by atoms with Gasteiger partial charge in [-0.05, 0) is 6.92 Å². The molecule has 0 aromatic rings. The first-order valence-corrected chi connectivity index (χ1v) is 8.18. The summed E-state index contributed by atoms with van der Waals surface area (Å²) in [5, 5.41) is 2.20. The Balaban J connectivity index is 4.89. The van der Waals surface area contributed by atoms with Crippen molar-refractivity contribution in [2.75, 3.05) is 19.1 Å². The first kappa shape index (κ1) is 15.1. The maximum absolute atomic E-state index is 11.2. The number of hydrogen-bond acceptors (Lipinski definition) is 5. The van der Waals surface area contributed by atoms with Crippen molar-refractivity contribution in [1.82, 2.24) is 5.32 Å². The lowest BCUT2D eigenvalue weighted by molar-refractivity contribution is -0.117. The number of nitrogens with one attached hydrogen (secondary N) is 1. The molecule has 0 aliphatic rings. The monoisotopic (exact) mass is 269 g/mol. The van der Waals surface area contributed by atoms with E-state index in [0.29, 0.717) is 0 Å². The van der Waals surface area contributed by atoms with E-state index in [1.165, 1.54) is 6.92 Å². The minimum absolute atomic E-state index is 0.181. The summed E-state index contributed by atoms with van der Waals surface area (Å²) in [5.41, 5.74) is 0.181. The lowest BCUT2D eigenvalue weighted by Gasteiger charge is -2.13. The van der Waals surface area contributed by atoms with Crippen LogP contribution in [0.4, 0.5) is 0 Å². The minimum atomic E-state index is -3.78. The lowest BCUT2D eigenvalue weighted by Crippen LogP contribution is -2.41. The van der Waals surface area contributed by atoms with Crippen molar-refractivity contribution in [3.63, 3.8) is 0 Å². The van der Waals surface area contributed by atoms with E-state index in [4.69, 9.17) is 0 Å². The van der Waals surface area contributed by atoms with E-state index in [-0.39, 0.29) is 5.57 Å². The van der Waals surface area contributed by atoms with Gasteiger partial charge in [0.2, 0.25) is 5.91 Å². The number of carbonyl (C=O) groups is 1. The summed E-state index contributed by atoms with van der Waals surface area (Å²) in [6, 6.07) is 0. The van der Waals surface area contributed by atoms with Crippen LogP contribution in [-0.4, -0.2) is 46.4 Å². The van der Waals surface area contributed by atoms with Crippen molar-refractivity contribution in [3.05, 3.63) is 12.2 Å². The average molecular weight is 269 g/mol. The molecule has 94 valence electrons. The molecule has 6 nitrogen and oxygen atoms in total. The topological polar surface area (TPSA) is 97.4 Å². The molecule has 0 aliphatic carbocycles. The van der Waals surface area contributed by atoms with Gasteiger partial charge in [0.05, 0.1) is 0 Å². The molecule has 0 aromatic carbocycles. The lowest BCUT2D eigenvalue weighted by atomic mass is 10.3. The Morgan fingerprint density at radius 2 is 1.56 bits per heavy atom. The molecule has 0 bridgehead atoms. The molecule has 0 heterocycles. The molecule has 0 aromatic heterocycles. The van der Waals surface area contributed by atoms with Crippen molar-refractivity contribution < 1.29 is 21.6 Å². The fourth-order valence-corrected chi connectivity index (χ4v) is 4.26. The van der Waals surface area contributed by atoms with Crippen LogP contribution >= 0.6 is 0 Å². The highest BCUT2D eigenvalue weighted by molar-refractivity contribution is 8.08. The summed E-state index contributed by atoms with van der Waals surface area (Å²) in [5.74, 6) is -0.572. The van der Waals surface area contributed by atoms with Gasteiger partial charge in [-0.1, -0.05) is 6.58 Å². The molecule has 0 spiro atoms. The quantitative estimate of drug-likeness (QED) is 0.652. The number of hydrogen-bond donors (Lipinski definition) is 1. The van der Waals surface area contributed by atoms with Gasteiger partial charge in [0, 0.05) is 24.6 Å². The Morgan fingerprint density at radius 1 is 1.19 bits per heavy atom. The van der Waals surface area contributed by atoms with Crippen molar-refractivity contribution in [3.8, 4) is 0 Å². The fourth-order valence-electron chi connectivity index (χ4n) is 0.947. The Kier molecular flexibility index (Phi) is 4.68. The molecule has 8 heteroatoms. The van der Waals surface area contributed by atoms with Crippen LogP contribution in [0.25, 0.3) is 0 Å². The zero-order chi connectivity index (χ0) is 13.1. The van der Waals surface area contributed by atoms with Crippen LogP contribution in [0.2, 0.25) is 0 Å². The zero-order valence-corrected chi connectivity index (χ0v) is 11.0. The number of sulfone groups is 2. The van der Waals surface area contributed by atoms with Crippen molar-refractivity contribution >= 4 is 25.6 Å². The molecule has 16 heavy (non-hydrogen) atoms. The molecule has 0 rings (SSSR count). The van der Waals surface area contributed by atoms with Gasteiger partial charge in [-0.2, -0.15) is 0 Å². The first-order valence-electron chi connectivity index (χ1n) is 4.27. The maximum atomic E-state index is 11.2. The molecule has 1 amide bonds. The van der Waals surface area contributed by atoms with Gasteiger partial charge in [-0.15, -0.1) is 0 Å². The number of carbonyl (C=O) groups excluding carboxylic acids is 1. The third-order valence-electron chi connectivity index (χ3n) is 1.77. The predicted molar refractivity (Wildman–Crippen MR) is 61.3 cm³/mol. The first-order chi connectivity index (χ1) is 6.96. The van der Waals surface area contributed by atoms with E-state index >= 15 is 0 Å². The normalized spacial score (nSPS) is 12.5. The Bertz CT molecular complexity index is 457. The van der Waals surface area contributed by atoms with Gasteiger partial charge < -0.3 is 5.32 Å². The molecule has 0 unspecified atom stereocenters. The predicted octanol–water partition coefficient (Wildman–Crippen LogP) is -0.906. The maximum Gasteiger partial charge on any atom is 0.246 e. The van der Waals surface area contributed by atoms with Gasteiger partial charge >= 0.3 is 0 Å². The zero-order valence-electron chi connectivity index (χ0n) is 9.35. The standard InChI is InChI=1S/C8H15NO5S2/c1-6(2)8(10)9-5-7(15(3,11)12)16(4,13)14/h7H,1,5H2,2-4H3,(H,9,10). The van der Waals surface area contributed by atoms with E-state index in [1.807, 2.05) is 0 Å². The summed E-state index contributed by atoms with van der Waals surface area (Å²) in [6.07, 6.45) is 1.62. The third-order valence-corrected chi connectivity index (χ3v) is 6.11. The molecule has 0 fully saturated rings. The van der Waals surface area contributed by atoms with Crippen molar-refractivity contribution in [2.45, 2.75) is 11.5 Å². The molecule has 0 saturated heterocycles. The van der Waals surface area contributed by atoms with Gasteiger partial charge in [-0.25, -0.2) is 16.8 Å². The number of rotatable bonds is 5. The molecule has 0 radical (unpaired) electrons. The second kappa shape index (κ2) is 4.96. The Hall–Kier alpha value is -0.890. The van der Waals surface area contributed by atoms with Crippen LogP contribution in [-0.2, 0) is 24.5 Å². The van der Waals surface area contributed by atoms with E-state index in [9.17, 15) is 21.6 Å². The van der Waals surface area contributed by atoms with Gasteiger partial charge in [-0.3, -0.25) is 4.79 Å². The van der Waals surface area contributed by atoms with Crippen LogP contribution in [0.5, 0.6) is 0 Å². The molecule has 1 N–H and O–H groups in total. The van der Waals surface area contributed by atoms with Crippen molar-refractivity contribution in [2.24, 2.45) is 0 Å². The smallest absolute Gasteiger partial charge is 0.246 e. The Morgan fingerprint density at radius 3 is 1.81 bits per heavy atom. The summed E-state index contributed by atoms with van der Waals surface area (Å²) in [7, 11) is -7.55.